The Labute approximate surface area is 353 Å². The molecule has 2 atom stereocenters. The van der Waals surface area contributed by atoms with E-state index in [0.717, 1.165) is 56.2 Å². The molecule has 0 heterocycles. The number of phosphoric ester groups is 1. The normalized spacial score (nSPS) is 13.4. The summed E-state index contributed by atoms with van der Waals surface area (Å²) in [7, 11) is -4.65. The molecule has 0 bridgehead atoms. The fourth-order valence-corrected chi connectivity index (χ4v) is 8.33. The van der Waals surface area contributed by atoms with Crippen LogP contribution < -0.4 is 4.89 Å². The van der Waals surface area contributed by atoms with E-state index in [4.69, 9.17) is 18.5 Å². The molecule has 9 nitrogen and oxygen atoms in total. The van der Waals surface area contributed by atoms with Crippen LogP contribution in [0, 0.1) is 0 Å². The van der Waals surface area contributed by atoms with Gasteiger partial charge in [0.05, 0.1) is 26.2 Å². The number of unbranched alkanes of at least 4 members (excludes halogenated alkanes) is 28. The van der Waals surface area contributed by atoms with Crippen LogP contribution in [0.4, 0.5) is 0 Å². The highest BCUT2D eigenvalue weighted by molar-refractivity contribution is 7.45. The van der Waals surface area contributed by atoms with Crippen molar-refractivity contribution in [1.29, 1.82) is 0 Å². The third kappa shape index (κ3) is 36.6. The average molecular weight is 832 g/mol. The van der Waals surface area contributed by atoms with Crippen LogP contribution in [0.15, 0.2) is 0 Å². The van der Waals surface area contributed by atoms with Gasteiger partial charge in [-0.15, -0.1) is 0 Å². The maximum absolute atomic E-state index is 12.8. The highest BCUT2D eigenvalue weighted by atomic mass is 31.2. The summed E-state index contributed by atoms with van der Waals surface area (Å²) in [5.41, 5.74) is 0. The smallest absolute Gasteiger partial charge is 0.306 e. The van der Waals surface area contributed by atoms with Gasteiger partial charge in [0, 0.05) is 12.8 Å². The Hall–Kier alpha value is -0.990. The topological polar surface area (TPSA) is 111 Å². The molecule has 0 aromatic heterocycles. The lowest BCUT2D eigenvalue weighted by atomic mass is 10.0. The summed E-state index contributed by atoms with van der Waals surface area (Å²) in [4.78, 5) is 38.0. The van der Waals surface area contributed by atoms with Gasteiger partial charge in [0.2, 0.25) is 0 Å². The number of nitrogens with zero attached hydrogens (tertiary/aromatic N) is 1. The molecular weight excluding hydrogens is 737 g/mol. The van der Waals surface area contributed by atoms with Crippen LogP contribution in [-0.2, 0) is 32.7 Å². The summed E-state index contributed by atoms with van der Waals surface area (Å²) in [5.74, 6) is -0.808. The Kier molecular flexibility index (Phi) is 39.7. The largest absolute Gasteiger partial charge is 0.756 e. The molecule has 0 radical (unpaired) electrons. The number of carbonyl (C=O) groups is 2. The number of likely N-dealkylation sites (N-methyl/N-ethyl adjacent to an activating group) is 1. The third-order valence-electron chi connectivity index (χ3n) is 11.9. The minimum Gasteiger partial charge on any atom is -0.756 e. The van der Waals surface area contributed by atoms with Crippen LogP contribution in [-0.4, -0.2) is 68.5 Å². The second-order valence-corrected chi connectivity index (χ2v) is 18.2. The van der Waals surface area contributed by atoms with Gasteiger partial charge in [0.25, 0.3) is 7.82 Å². The van der Waals surface area contributed by atoms with Crippen molar-refractivity contribution in [3.05, 3.63) is 0 Å². The SMILES string of the molecule is CCCCCCCCCCCCCCCCCC(=O)OCC(COP(=O)([O-])OCC[N+](CC)(CC)CC)OC(=O)CCCCCCCCCCCCCCCCC. The summed E-state index contributed by atoms with van der Waals surface area (Å²) in [6.07, 6.45) is 36.9. The number of hydrogen-bond donors (Lipinski definition) is 0. The van der Waals surface area contributed by atoms with Crippen molar-refractivity contribution in [2.75, 3.05) is 46.0 Å². The minimum absolute atomic E-state index is 0.00812. The highest BCUT2D eigenvalue weighted by Crippen LogP contribution is 2.38. The maximum Gasteiger partial charge on any atom is 0.306 e. The second kappa shape index (κ2) is 40.4. The van der Waals surface area contributed by atoms with Crippen molar-refractivity contribution < 1.29 is 42.1 Å². The molecule has 0 aliphatic rings. The molecule has 10 heteroatoms. The van der Waals surface area contributed by atoms with E-state index in [1.54, 1.807) is 0 Å². The number of rotatable bonds is 45. The van der Waals surface area contributed by atoms with Gasteiger partial charge < -0.3 is 27.9 Å². The molecule has 0 amide bonds. The zero-order valence-corrected chi connectivity index (χ0v) is 39.2. The molecule has 0 rings (SSSR count). The monoisotopic (exact) mass is 832 g/mol. The average Bonchev–Trinajstić information content (AvgIpc) is 3.20. The number of quaternary nitrogens is 1. The standard InChI is InChI=1S/C47H94NO8P/c1-6-11-13-15-17-19-21-23-25-27-29-31-33-35-37-39-46(49)53-43-45(44-55-57(51,52)54-42-41-48(8-3,9-4)10-5)56-47(50)40-38-36-34-32-30-28-26-24-22-20-18-16-14-12-7-2/h45H,6-44H2,1-5H3. The lowest BCUT2D eigenvalue weighted by Gasteiger charge is -2.36. The number of hydrogen-bond acceptors (Lipinski definition) is 8. The zero-order valence-electron chi connectivity index (χ0n) is 38.3. The Balaban J connectivity index is 4.47. The van der Waals surface area contributed by atoms with Crippen molar-refractivity contribution >= 4 is 19.8 Å². The van der Waals surface area contributed by atoms with Gasteiger partial charge in [-0.3, -0.25) is 14.2 Å². The van der Waals surface area contributed by atoms with Crippen LogP contribution in [0.1, 0.15) is 240 Å². The van der Waals surface area contributed by atoms with E-state index in [0.29, 0.717) is 13.0 Å². The molecule has 0 spiro atoms. The lowest BCUT2D eigenvalue weighted by molar-refractivity contribution is -0.923. The van der Waals surface area contributed by atoms with Crippen LogP contribution in [0.3, 0.4) is 0 Å². The number of carbonyl (C=O) groups excluding carboxylic acids is 2. The fourth-order valence-electron chi connectivity index (χ4n) is 7.60. The van der Waals surface area contributed by atoms with Gasteiger partial charge in [0.15, 0.2) is 6.10 Å². The fraction of sp³-hybridized carbons (Fsp3) is 0.957. The third-order valence-corrected chi connectivity index (χ3v) is 12.9. The first-order valence-electron chi connectivity index (χ1n) is 24.5. The Morgan fingerprint density at radius 3 is 1.16 bits per heavy atom. The first kappa shape index (κ1) is 56.0. The summed E-state index contributed by atoms with van der Waals surface area (Å²) >= 11 is 0. The van der Waals surface area contributed by atoms with Crippen LogP contribution in [0.25, 0.3) is 0 Å². The van der Waals surface area contributed by atoms with E-state index in [1.165, 1.54) is 154 Å². The van der Waals surface area contributed by atoms with Crippen molar-refractivity contribution in [3.63, 3.8) is 0 Å². The van der Waals surface area contributed by atoms with Crippen molar-refractivity contribution in [3.8, 4) is 0 Å². The summed E-state index contributed by atoms with van der Waals surface area (Å²) in [5, 5.41) is 0. The van der Waals surface area contributed by atoms with E-state index >= 15 is 0 Å². The van der Waals surface area contributed by atoms with E-state index in [2.05, 4.69) is 34.6 Å². The van der Waals surface area contributed by atoms with Gasteiger partial charge >= 0.3 is 11.9 Å². The Morgan fingerprint density at radius 1 is 0.474 bits per heavy atom. The number of phosphoric acid groups is 1. The van der Waals surface area contributed by atoms with Crippen molar-refractivity contribution in [2.24, 2.45) is 0 Å². The Morgan fingerprint density at radius 2 is 0.807 bits per heavy atom. The lowest BCUT2D eigenvalue weighted by Crippen LogP contribution is -2.49. The minimum atomic E-state index is -4.65. The highest BCUT2D eigenvalue weighted by Gasteiger charge is 2.24. The number of ether oxygens (including phenoxy) is 2. The van der Waals surface area contributed by atoms with Gasteiger partial charge in [-0.25, -0.2) is 0 Å². The second-order valence-electron chi connectivity index (χ2n) is 16.8. The van der Waals surface area contributed by atoms with E-state index < -0.39 is 26.5 Å². The van der Waals surface area contributed by atoms with Crippen molar-refractivity contribution in [2.45, 2.75) is 246 Å². The summed E-state index contributed by atoms with van der Waals surface area (Å²) in [6, 6.07) is 0. The summed E-state index contributed by atoms with van der Waals surface area (Å²) in [6.45, 7) is 13.3. The molecule has 0 N–H and O–H groups in total. The number of esters is 2. The van der Waals surface area contributed by atoms with Gasteiger partial charge in [-0.05, 0) is 33.6 Å². The van der Waals surface area contributed by atoms with Gasteiger partial charge in [-0.2, -0.15) is 0 Å². The van der Waals surface area contributed by atoms with Crippen LogP contribution in [0.2, 0.25) is 0 Å². The van der Waals surface area contributed by atoms with Gasteiger partial charge in [0.1, 0.15) is 19.8 Å². The molecule has 0 saturated heterocycles. The van der Waals surface area contributed by atoms with Gasteiger partial charge in [-0.1, -0.05) is 194 Å². The first-order chi connectivity index (χ1) is 27.7. The van der Waals surface area contributed by atoms with E-state index in [9.17, 15) is 19.0 Å². The molecule has 0 aromatic rings. The first-order valence-corrected chi connectivity index (χ1v) is 25.9. The summed E-state index contributed by atoms with van der Waals surface area (Å²) < 4.78 is 34.8. The molecule has 0 aromatic carbocycles. The maximum atomic E-state index is 12.8. The molecule has 0 aliphatic heterocycles. The van der Waals surface area contributed by atoms with E-state index in [1.807, 2.05) is 0 Å². The quantitative estimate of drug-likeness (QED) is 0.0258. The Bertz CT molecular complexity index is 938. The predicted octanol–water partition coefficient (Wildman–Crippen LogP) is 13.3. The molecule has 2 unspecified atom stereocenters. The molecular formula is C47H94NO8P. The van der Waals surface area contributed by atoms with Crippen molar-refractivity contribution in [1.82, 2.24) is 0 Å². The van der Waals surface area contributed by atoms with Crippen LogP contribution >= 0.6 is 7.82 Å². The molecule has 0 saturated carbocycles. The zero-order chi connectivity index (χ0) is 42.1. The molecule has 0 aliphatic carbocycles. The molecule has 340 valence electrons. The molecule has 0 fully saturated rings. The molecule has 57 heavy (non-hydrogen) atoms. The predicted molar refractivity (Wildman–Crippen MR) is 236 cm³/mol. The van der Waals surface area contributed by atoms with Crippen LogP contribution in [0.5, 0.6) is 0 Å². The van der Waals surface area contributed by atoms with E-state index in [-0.39, 0.29) is 32.0 Å².